The molecule has 1 aromatic carbocycles. The summed E-state index contributed by atoms with van der Waals surface area (Å²) in [6.45, 7) is 10.4. The fourth-order valence-electron chi connectivity index (χ4n) is 1.47. The van der Waals surface area contributed by atoms with Gasteiger partial charge in [-0.05, 0) is 19.4 Å². The SMILES string of the molecule is C=C(C)C(=O)N[C@@H](COC(=O)C(=C)C)c1ccccc1. The molecule has 4 nitrogen and oxygen atoms in total. The van der Waals surface area contributed by atoms with Crippen LogP contribution >= 0.6 is 0 Å². The van der Waals surface area contributed by atoms with E-state index in [1.807, 2.05) is 30.3 Å². The van der Waals surface area contributed by atoms with Gasteiger partial charge in [-0.1, -0.05) is 43.5 Å². The highest BCUT2D eigenvalue weighted by molar-refractivity contribution is 5.92. The number of hydrogen-bond acceptors (Lipinski definition) is 3. The van der Waals surface area contributed by atoms with Crippen molar-refractivity contribution in [2.45, 2.75) is 19.9 Å². The molecule has 1 amide bonds. The monoisotopic (exact) mass is 273 g/mol. The second kappa shape index (κ2) is 7.28. The third-order valence-electron chi connectivity index (χ3n) is 2.62. The van der Waals surface area contributed by atoms with E-state index in [1.165, 1.54) is 0 Å². The van der Waals surface area contributed by atoms with Gasteiger partial charge in [0.2, 0.25) is 5.91 Å². The molecule has 0 saturated carbocycles. The van der Waals surface area contributed by atoms with Crippen LogP contribution in [0.25, 0.3) is 0 Å². The Bertz CT molecular complexity index is 520. The lowest BCUT2D eigenvalue weighted by Gasteiger charge is -2.19. The van der Waals surface area contributed by atoms with Crippen LogP contribution in [0.3, 0.4) is 0 Å². The lowest BCUT2D eigenvalue weighted by Crippen LogP contribution is -2.32. The molecule has 0 aliphatic carbocycles. The first kappa shape index (κ1) is 15.7. The highest BCUT2D eigenvalue weighted by Gasteiger charge is 2.17. The standard InChI is InChI=1S/C16H19NO3/c1-11(2)15(18)17-14(10-20-16(19)12(3)4)13-8-6-5-7-9-13/h5-9,14H,1,3,10H2,2,4H3,(H,17,18)/t14-/m0/s1. The number of nitrogens with one attached hydrogen (secondary N) is 1. The Morgan fingerprint density at radius 2 is 1.75 bits per heavy atom. The van der Waals surface area contributed by atoms with Crippen molar-refractivity contribution in [3.05, 3.63) is 60.2 Å². The summed E-state index contributed by atoms with van der Waals surface area (Å²) >= 11 is 0. The molecule has 0 saturated heterocycles. The summed E-state index contributed by atoms with van der Waals surface area (Å²) in [5, 5.41) is 2.78. The molecule has 1 N–H and O–H groups in total. The van der Waals surface area contributed by atoms with E-state index in [1.54, 1.807) is 13.8 Å². The average Bonchev–Trinajstić information content (AvgIpc) is 2.43. The van der Waals surface area contributed by atoms with Crippen LogP contribution in [0.15, 0.2) is 54.6 Å². The predicted molar refractivity (Wildman–Crippen MR) is 77.9 cm³/mol. The molecule has 20 heavy (non-hydrogen) atoms. The number of benzene rings is 1. The summed E-state index contributed by atoms with van der Waals surface area (Å²) in [6.07, 6.45) is 0. The molecule has 0 spiro atoms. The van der Waals surface area contributed by atoms with Gasteiger partial charge in [0.15, 0.2) is 0 Å². The molecule has 1 aromatic rings. The second-order valence-corrected chi connectivity index (χ2v) is 4.60. The van der Waals surface area contributed by atoms with Crippen molar-refractivity contribution in [1.29, 1.82) is 0 Å². The van der Waals surface area contributed by atoms with Crippen molar-refractivity contribution in [2.75, 3.05) is 6.61 Å². The molecule has 0 fully saturated rings. The van der Waals surface area contributed by atoms with Gasteiger partial charge >= 0.3 is 5.97 Å². The minimum Gasteiger partial charge on any atom is -0.460 e. The van der Waals surface area contributed by atoms with Crippen molar-refractivity contribution in [3.63, 3.8) is 0 Å². The van der Waals surface area contributed by atoms with Crippen LogP contribution in [0, 0.1) is 0 Å². The summed E-state index contributed by atoms with van der Waals surface area (Å²) in [4.78, 5) is 23.2. The van der Waals surface area contributed by atoms with E-state index < -0.39 is 12.0 Å². The van der Waals surface area contributed by atoms with Crippen LogP contribution in [0.1, 0.15) is 25.5 Å². The fraction of sp³-hybridized carbons (Fsp3) is 0.250. The Hall–Kier alpha value is -2.36. The van der Waals surface area contributed by atoms with Crippen molar-refractivity contribution in [3.8, 4) is 0 Å². The third-order valence-corrected chi connectivity index (χ3v) is 2.62. The van der Waals surface area contributed by atoms with Gasteiger partial charge in [0.25, 0.3) is 0 Å². The number of hydrogen-bond donors (Lipinski definition) is 1. The second-order valence-electron chi connectivity index (χ2n) is 4.60. The summed E-state index contributed by atoms with van der Waals surface area (Å²) in [6, 6.07) is 8.89. The molecule has 4 heteroatoms. The van der Waals surface area contributed by atoms with Crippen molar-refractivity contribution >= 4 is 11.9 Å². The lowest BCUT2D eigenvalue weighted by atomic mass is 10.1. The van der Waals surface area contributed by atoms with E-state index in [4.69, 9.17) is 4.74 Å². The molecular formula is C16H19NO3. The zero-order valence-corrected chi connectivity index (χ0v) is 11.8. The highest BCUT2D eigenvalue weighted by Crippen LogP contribution is 2.14. The van der Waals surface area contributed by atoms with E-state index in [0.29, 0.717) is 11.1 Å². The molecule has 1 rings (SSSR count). The predicted octanol–water partition coefficient (Wildman–Crippen LogP) is 2.54. The molecule has 106 valence electrons. The quantitative estimate of drug-likeness (QED) is 0.640. The van der Waals surface area contributed by atoms with Gasteiger partial charge < -0.3 is 10.1 Å². The number of carbonyl (C=O) groups excluding carboxylic acids is 2. The molecule has 0 aliphatic rings. The van der Waals surface area contributed by atoms with Crippen LogP contribution < -0.4 is 5.32 Å². The topological polar surface area (TPSA) is 55.4 Å². The maximum atomic E-state index is 11.7. The smallest absolute Gasteiger partial charge is 0.333 e. The van der Waals surface area contributed by atoms with E-state index in [0.717, 1.165) is 5.56 Å². The molecule has 0 unspecified atom stereocenters. The van der Waals surface area contributed by atoms with Crippen molar-refractivity contribution in [2.24, 2.45) is 0 Å². The summed E-state index contributed by atoms with van der Waals surface area (Å²) in [5.74, 6) is -0.749. The average molecular weight is 273 g/mol. The number of ether oxygens (including phenoxy) is 1. The van der Waals surface area contributed by atoms with E-state index in [9.17, 15) is 9.59 Å². The van der Waals surface area contributed by atoms with Crippen LogP contribution in [0.2, 0.25) is 0 Å². The van der Waals surface area contributed by atoms with Crippen LogP contribution in [-0.4, -0.2) is 18.5 Å². The molecule has 1 atom stereocenters. The molecular weight excluding hydrogens is 254 g/mol. The zero-order valence-electron chi connectivity index (χ0n) is 11.8. The summed E-state index contributed by atoms with van der Waals surface area (Å²) in [5.41, 5.74) is 1.58. The molecule has 0 bridgehead atoms. The molecule has 0 aliphatic heterocycles. The first-order valence-electron chi connectivity index (χ1n) is 6.25. The zero-order chi connectivity index (χ0) is 15.1. The van der Waals surface area contributed by atoms with Gasteiger partial charge in [0.05, 0.1) is 6.04 Å². The van der Waals surface area contributed by atoms with Crippen LogP contribution in [0.4, 0.5) is 0 Å². The maximum Gasteiger partial charge on any atom is 0.333 e. The number of esters is 1. The Kier molecular flexibility index (Phi) is 5.72. The van der Waals surface area contributed by atoms with E-state index in [2.05, 4.69) is 18.5 Å². The first-order chi connectivity index (χ1) is 9.41. The van der Waals surface area contributed by atoms with Gasteiger partial charge in [-0.2, -0.15) is 0 Å². The van der Waals surface area contributed by atoms with Gasteiger partial charge in [-0.15, -0.1) is 0 Å². The highest BCUT2D eigenvalue weighted by atomic mass is 16.5. The number of rotatable bonds is 6. The van der Waals surface area contributed by atoms with Crippen LogP contribution in [0.5, 0.6) is 0 Å². The minimum absolute atomic E-state index is 0.0503. The van der Waals surface area contributed by atoms with Crippen molar-refractivity contribution < 1.29 is 14.3 Å². The maximum absolute atomic E-state index is 11.7. The van der Waals surface area contributed by atoms with E-state index in [-0.39, 0.29) is 12.5 Å². The van der Waals surface area contributed by atoms with Gasteiger partial charge in [0.1, 0.15) is 6.61 Å². The van der Waals surface area contributed by atoms with Gasteiger partial charge in [-0.3, -0.25) is 4.79 Å². The Labute approximate surface area is 119 Å². The number of amides is 1. The lowest BCUT2D eigenvalue weighted by molar-refractivity contribution is -0.140. The fourth-order valence-corrected chi connectivity index (χ4v) is 1.47. The third kappa shape index (κ3) is 4.72. The molecule has 0 heterocycles. The van der Waals surface area contributed by atoms with Crippen molar-refractivity contribution in [1.82, 2.24) is 5.32 Å². The minimum atomic E-state index is -0.476. The normalized spacial score (nSPS) is 11.3. The van der Waals surface area contributed by atoms with Crippen LogP contribution in [-0.2, 0) is 14.3 Å². The van der Waals surface area contributed by atoms with Gasteiger partial charge in [0, 0.05) is 11.1 Å². The first-order valence-corrected chi connectivity index (χ1v) is 6.25. The Morgan fingerprint density at radius 1 is 1.15 bits per heavy atom. The number of carbonyl (C=O) groups is 2. The Morgan fingerprint density at radius 3 is 2.25 bits per heavy atom. The summed E-state index contributed by atoms with van der Waals surface area (Å²) in [7, 11) is 0. The molecule has 0 radical (unpaired) electrons. The molecule has 0 aromatic heterocycles. The largest absolute Gasteiger partial charge is 0.460 e. The van der Waals surface area contributed by atoms with Gasteiger partial charge in [-0.25, -0.2) is 4.79 Å². The Balaban J connectivity index is 2.80. The summed E-state index contributed by atoms with van der Waals surface area (Å²) < 4.78 is 5.12. The van der Waals surface area contributed by atoms with E-state index >= 15 is 0 Å².